The molecule has 0 unspecified atom stereocenters. The van der Waals surface area contributed by atoms with Crippen molar-refractivity contribution in [3.05, 3.63) is 30.1 Å². The fourth-order valence-electron chi connectivity index (χ4n) is 3.66. The van der Waals surface area contributed by atoms with Crippen LogP contribution in [0.2, 0.25) is 0 Å². The Labute approximate surface area is 230 Å². The summed E-state index contributed by atoms with van der Waals surface area (Å²) < 4.78 is 10.5. The third-order valence-corrected chi connectivity index (χ3v) is 6.07. The lowest BCUT2D eigenvalue weighted by Crippen LogP contribution is -2.52. The molecule has 0 aromatic carbocycles. The number of carbonyl (C=O) groups is 2. The van der Waals surface area contributed by atoms with Crippen LogP contribution in [0.5, 0.6) is 5.88 Å². The minimum absolute atomic E-state index is 0.0177. The van der Waals surface area contributed by atoms with E-state index in [-0.39, 0.29) is 17.9 Å². The smallest absolute Gasteiger partial charge is 0.410 e. The molecule has 0 spiro atoms. The van der Waals surface area contributed by atoms with Crippen LogP contribution in [0.25, 0.3) is 0 Å². The minimum atomic E-state index is -0.644. The van der Waals surface area contributed by atoms with Gasteiger partial charge in [-0.15, -0.1) is 0 Å². The Balaban J connectivity index is 1.57. The average molecular weight is 538 g/mol. The second-order valence-corrected chi connectivity index (χ2v) is 10.5. The summed E-state index contributed by atoms with van der Waals surface area (Å²) in [6.07, 6.45) is 5.23. The van der Waals surface area contributed by atoms with Crippen molar-refractivity contribution in [2.24, 2.45) is 5.92 Å². The number of rotatable bonds is 9. The van der Waals surface area contributed by atoms with Gasteiger partial charge in [-0.3, -0.25) is 9.69 Å². The summed E-state index contributed by atoms with van der Waals surface area (Å²) in [5, 5.41) is 9.49. The molecule has 1 aliphatic rings. The van der Waals surface area contributed by atoms with Crippen LogP contribution in [-0.4, -0.2) is 70.2 Å². The lowest BCUT2D eigenvalue weighted by atomic mass is 9.80. The number of pyridine rings is 1. The lowest BCUT2D eigenvalue weighted by molar-refractivity contribution is -0.126. The minimum Gasteiger partial charge on any atom is -0.481 e. The van der Waals surface area contributed by atoms with Crippen molar-refractivity contribution in [1.82, 2.24) is 25.2 Å². The first-order valence-corrected chi connectivity index (χ1v) is 13.1. The Morgan fingerprint density at radius 1 is 1.26 bits per heavy atom. The Kier molecular flexibility index (Phi) is 9.93. The van der Waals surface area contributed by atoms with Gasteiger partial charge in [0.2, 0.25) is 17.7 Å². The third kappa shape index (κ3) is 8.74. The van der Waals surface area contributed by atoms with Crippen LogP contribution in [0.4, 0.5) is 22.2 Å². The molecule has 3 rings (SSSR count). The van der Waals surface area contributed by atoms with Crippen LogP contribution >= 0.6 is 0 Å². The van der Waals surface area contributed by atoms with Gasteiger partial charge in [-0.2, -0.15) is 4.98 Å². The number of nitrogens with zero attached hydrogens (tertiary/aromatic N) is 4. The largest absolute Gasteiger partial charge is 0.481 e. The molecule has 2 aromatic rings. The molecule has 2 amide bonds. The van der Waals surface area contributed by atoms with E-state index >= 15 is 0 Å². The topological polar surface area (TPSA) is 131 Å². The number of methoxy groups -OCH3 is 1. The molecule has 1 saturated carbocycles. The van der Waals surface area contributed by atoms with Gasteiger partial charge in [-0.25, -0.2) is 14.8 Å². The van der Waals surface area contributed by atoms with Crippen molar-refractivity contribution in [2.75, 3.05) is 31.3 Å². The molecule has 1 aliphatic carbocycles. The number of carbonyl (C=O) groups excluding carboxylic acids is 2. The number of hydrogen-bond donors (Lipinski definition) is 3. The van der Waals surface area contributed by atoms with E-state index in [1.165, 1.54) is 4.90 Å². The molecular formula is C28H39N7O4. The summed E-state index contributed by atoms with van der Waals surface area (Å²) in [6.45, 7) is 9.89. The quantitative estimate of drug-likeness (QED) is 0.407. The maximum Gasteiger partial charge on any atom is 0.410 e. The van der Waals surface area contributed by atoms with Crippen molar-refractivity contribution < 1.29 is 19.1 Å². The first kappa shape index (κ1) is 29.5. The maximum atomic E-state index is 12.6. The second-order valence-electron chi connectivity index (χ2n) is 10.5. The summed E-state index contributed by atoms with van der Waals surface area (Å²) in [5.74, 6) is 8.01. The highest BCUT2D eigenvalue weighted by molar-refractivity contribution is 5.85. The van der Waals surface area contributed by atoms with E-state index < -0.39 is 17.7 Å². The first-order chi connectivity index (χ1) is 18.5. The van der Waals surface area contributed by atoms with Gasteiger partial charge >= 0.3 is 6.09 Å². The molecular weight excluding hydrogens is 498 g/mol. The van der Waals surface area contributed by atoms with E-state index in [4.69, 9.17) is 9.47 Å². The molecule has 3 N–H and O–H groups in total. The molecule has 39 heavy (non-hydrogen) atoms. The van der Waals surface area contributed by atoms with E-state index in [1.54, 1.807) is 66.4 Å². The molecule has 2 heterocycles. The molecule has 1 fully saturated rings. The summed E-state index contributed by atoms with van der Waals surface area (Å²) in [7, 11) is 3.13. The molecule has 0 aliphatic heterocycles. The number of nitrogens with one attached hydrogen (secondary N) is 3. The third-order valence-electron chi connectivity index (χ3n) is 6.07. The number of likely N-dealkylation sites (N-methyl/N-ethyl adjacent to an activating group) is 1. The van der Waals surface area contributed by atoms with Crippen molar-refractivity contribution in [3.63, 3.8) is 0 Å². The van der Waals surface area contributed by atoms with Gasteiger partial charge in [0.15, 0.2) is 0 Å². The average Bonchev–Trinajstić information content (AvgIpc) is 2.87. The molecule has 0 radical (unpaired) electrons. The molecule has 11 nitrogen and oxygen atoms in total. The molecule has 0 saturated heterocycles. The first-order valence-electron chi connectivity index (χ1n) is 13.1. The molecule has 2 aromatic heterocycles. The monoisotopic (exact) mass is 537 g/mol. The zero-order valence-corrected chi connectivity index (χ0v) is 23.8. The van der Waals surface area contributed by atoms with Gasteiger partial charge in [-0.1, -0.05) is 18.8 Å². The standard InChI is InChI=1S/C28H39N7O4/c1-8-12-30-24-20(17-31-26(34-24)33-21-11-13-29-23(16-21)38-7)10-9-19-14-22(15-19)32-25(36)18(2)35(6)27(37)39-28(3,4)5/h11,13,16-19,22H,8,12,14-15H2,1-7H3,(H,32,36)(H2,29,30,31,33,34)/t18-,19?,22?/m0/s1. The van der Waals surface area contributed by atoms with Crippen molar-refractivity contribution >= 4 is 29.5 Å². The Hall–Kier alpha value is -4.07. The molecule has 11 heteroatoms. The van der Waals surface area contributed by atoms with Crippen molar-refractivity contribution in [1.29, 1.82) is 0 Å². The van der Waals surface area contributed by atoms with Crippen LogP contribution in [0.15, 0.2) is 24.5 Å². The summed E-state index contributed by atoms with van der Waals surface area (Å²) in [5.41, 5.74) is 0.848. The fourth-order valence-corrected chi connectivity index (χ4v) is 3.66. The van der Waals surface area contributed by atoms with E-state index in [2.05, 4.69) is 49.7 Å². The van der Waals surface area contributed by atoms with Gasteiger partial charge in [-0.05, 0) is 53.0 Å². The highest BCUT2D eigenvalue weighted by atomic mass is 16.6. The van der Waals surface area contributed by atoms with E-state index in [0.717, 1.165) is 31.5 Å². The zero-order valence-electron chi connectivity index (χ0n) is 23.8. The fraction of sp³-hybridized carbons (Fsp3) is 0.536. The van der Waals surface area contributed by atoms with E-state index in [0.29, 0.717) is 23.2 Å². The van der Waals surface area contributed by atoms with Crippen LogP contribution in [0.3, 0.4) is 0 Å². The highest BCUT2D eigenvalue weighted by Crippen LogP contribution is 2.27. The van der Waals surface area contributed by atoms with Crippen molar-refractivity contribution in [2.45, 2.75) is 71.6 Å². The van der Waals surface area contributed by atoms with Gasteiger partial charge < -0.3 is 25.4 Å². The van der Waals surface area contributed by atoms with Gasteiger partial charge in [0.1, 0.15) is 17.5 Å². The van der Waals surface area contributed by atoms with Crippen LogP contribution in [-0.2, 0) is 9.53 Å². The van der Waals surface area contributed by atoms with Crippen LogP contribution in [0.1, 0.15) is 59.4 Å². The second kappa shape index (κ2) is 13.1. The lowest BCUT2D eigenvalue weighted by Gasteiger charge is -2.34. The maximum absolute atomic E-state index is 12.6. The Morgan fingerprint density at radius 3 is 2.67 bits per heavy atom. The summed E-state index contributed by atoms with van der Waals surface area (Å²) in [6, 6.07) is 2.94. The van der Waals surface area contributed by atoms with Gasteiger partial charge in [0, 0.05) is 43.5 Å². The SMILES string of the molecule is CCCNc1nc(Nc2ccnc(OC)c2)ncc1C#CC1CC(NC(=O)[C@H](C)N(C)C(=O)OC(C)(C)C)C1. The zero-order chi connectivity index (χ0) is 28.6. The number of amides is 2. The van der Waals surface area contributed by atoms with Gasteiger partial charge in [0.05, 0.1) is 18.9 Å². The predicted molar refractivity (Wildman–Crippen MR) is 150 cm³/mol. The van der Waals surface area contributed by atoms with Gasteiger partial charge in [0.25, 0.3) is 0 Å². The molecule has 0 bridgehead atoms. The Bertz CT molecular complexity index is 1210. The van der Waals surface area contributed by atoms with Crippen LogP contribution in [0, 0.1) is 17.8 Å². The van der Waals surface area contributed by atoms with Crippen molar-refractivity contribution in [3.8, 4) is 17.7 Å². The number of anilines is 3. The Morgan fingerprint density at radius 2 is 2.00 bits per heavy atom. The van der Waals surface area contributed by atoms with E-state index in [1.807, 2.05) is 0 Å². The number of aromatic nitrogens is 3. The summed E-state index contributed by atoms with van der Waals surface area (Å²) >= 11 is 0. The number of ether oxygens (including phenoxy) is 2. The number of hydrogen-bond acceptors (Lipinski definition) is 9. The normalized spacial score (nSPS) is 17.0. The molecule has 1 atom stereocenters. The highest BCUT2D eigenvalue weighted by Gasteiger charge is 2.33. The van der Waals surface area contributed by atoms with E-state index in [9.17, 15) is 9.59 Å². The van der Waals surface area contributed by atoms with Crippen LogP contribution < -0.4 is 20.7 Å². The molecule has 210 valence electrons. The summed E-state index contributed by atoms with van der Waals surface area (Å²) in [4.78, 5) is 39.4. The predicted octanol–water partition coefficient (Wildman–Crippen LogP) is 3.95.